The van der Waals surface area contributed by atoms with Crippen molar-refractivity contribution in [3.63, 3.8) is 0 Å². The van der Waals surface area contributed by atoms with Gasteiger partial charge in [-0.05, 0) is 44.2 Å². The first-order valence-corrected chi connectivity index (χ1v) is 9.10. The average molecular weight is 381 g/mol. The van der Waals surface area contributed by atoms with E-state index in [4.69, 9.17) is 14.0 Å². The minimum atomic E-state index is -0.0631. The summed E-state index contributed by atoms with van der Waals surface area (Å²) < 4.78 is 16.6. The van der Waals surface area contributed by atoms with Gasteiger partial charge in [-0.1, -0.05) is 5.16 Å². The van der Waals surface area contributed by atoms with Gasteiger partial charge in [0.25, 0.3) is 0 Å². The van der Waals surface area contributed by atoms with Crippen molar-refractivity contribution in [1.82, 2.24) is 15.5 Å². The summed E-state index contributed by atoms with van der Waals surface area (Å²) in [6, 6.07) is 13.0. The minimum Gasteiger partial charge on any atom is -0.489 e. The number of carbonyl (C=O) groups excluding carboxylic acids is 1. The van der Waals surface area contributed by atoms with Crippen molar-refractivity contribution in [1.29, 1.82) is 0 Å². The Balaban J connectivity index is 1.59. The van der Waals surface area contributed by atoms with Gasteiger partial charge in [-0.25, -0.2) is 4.98 Å². The van der Waals surface area contributed by atoms with Crippen molar-refractivity contribution in [2.75, 3.05) is 6.54 Å². The van der Waals surface area contributed by atoms with Crippen LogP contribution in [-0.2, 0) is 11.2 Å². The van der Waals surface area contributed by atoms with Gasteiger partial charge in [0.15, 0.2) is 0 Å². The number of hydrogen-bond acceptors (Lipinski definition) is 6. The largest absolute Gasteiger partial charge is 0.489 e. The Morgan fingerprint density at radius 1 is 1.14 bits per heavy atom. The molecule has 28 heavy (non-hydrogen) atoms. The van der Waals surface area contributed by atoms with E-state index in [0.717, 1.165) is 17.0 Å². The van der Waals surface area contributed by atoms with Gasteiger partial charge in [0.2, 0.25) is 11.8 Å². The highest BCUT2D eigenvalue weighted by atomic mass is 16.5. The first-order chi connectivity index (χ1) is 13.5. The molecule has 0 radical (unpaired) electrons. The Hall–Kier alpha value is -3.35. The molecule has 0 saturated carbocycles. The van der Waals surface area contributed by atoms with E-state index in [9.17, 15) is 4.79 Å². The molecule has 2 heterocycles. The minimum absolute atomic E-state index is 0.0631. The summed E-state index contributed by atoms with van der Waals surface area (Å²) >= 11 is 0. The molecule has 0 aliphatic rings. The Kier molecular flexibility index (Phi) is 6.26. The van der Waals surface area contributed by atoms with E-state index in [1.165, 1.54) is 6.92 Å². The van der Waals surface area contributed by atoms with Crippen LogP contribution >= 0.6 is 0 Å². The molecular weight excluding hydrogens is 358 g/mol. The zero-order chi connectivity index (χ0) is 19.9. The highest BCUT2D eigenvalue weighted by Crippen LogP contribution is 2.25. The van der Waals surface area contributed by atoms with Crippen LogP contribution in [-0.4, -0.2) is 28.7 Å². The van der Waals surface area contributed by atoms with E-state index in [1.807, 2.05) is 50.2 Å². The molecule has 7 nitrogen and oxygen atoms in total. The third-order valence-electron chi connectivity index (χ3n) is 3.76. The van der Waals surface area contributed by atoms with Gasteiger partial charge in [-0.15, -0.1) is 0 Å². The highest BCUT2D eigenvalue weighted by molar-refractivity contribution is 5.72. The highest BCUT2D eigenvalue weighted by Gasteiger charge is 2.08. The summed E-state index contributed by atoms with van der Waals surface area (Å²) in [7, 11) is 0. The number of carbonyl (C=O) groups is 1. The SMILES string of the molecule is CC(=O)NCCc1cc(-c2ccc(Oc3ccc(OC(C)C)cn3)cc2)no1. The van der Waals surface area contributed by atoms with E-state index in [-0.39, 0.29) is 12.0 Å². The average Bonchev–Trinajstić information content (AvgIpc) is 3.12. The fourth-order valence-electron chi connectivity index (χ4n) is 2.51. The molecule has 0 aliphatic carbocycles. The maximum atomic E-state index is 10.9. The maximum Gasteiger partial charge on any atom is 0.219 e. The molecule has 1 aromatic carbocycles. The van der Waals surface area contributed by atoms with Crippen LogP contribution in [0.5, 0.6) is 17.4 Å². The van der Waals surface area contributed by atoms with Crippen LogP contribution in [0, 0.1) is 0 Å². The molecule has 1 amide bonds. The molecule has 0 bridgehead atoms. The van der Waals surface area contributed by atoms with Gasteiger partial charge in [0, 0.05) is 37.6 Å². The molecular formula is C21H23N3O4. The van der Waals surface area contributed by atoms with Crippen molar-refractivity contribution in [3.8, 4) is 28.6 Å². The normalized spacial score (nSPS) is 10.7. The fraction of sp³-hybridized carbons (Fsp3) is 0.286. The van der Waals surface area contributed by atoms with Crippen molar-refractivity contribution in [2.24, 2.45) is 0 Å². The number of amides is 1. The Morgan fingerprint density at radius 3 is 2.54 bits per heavy atom. The number of aromatic nitrogens is 2. The predicted molar refractivity (Wildman–Crippen MR) is 104 cm³/mol. The van der Waals surface area contributed by atoms with E-state index < -0.39 is 0 Å². The number of rotatable bonds is 8. The standard InChI is InChI=1S/C21H23N3O4/c1-14(2)26-19-8-9-21(23-13-19)27-17-6-4-16(5-7-17)20-12-18(28-24-20)10-11-22-15(3)25/h4-9,12-14H,10-11H2,1-3H3,(H,22,25). The fourth-order valence-corrected chi connectivity index (χ4v) is 2.51. The number of benzene rings is 1. The predicted octanol–water partition coefficient (Wildman–Crippen LogP) is 3.99. The van der Waals surface area contributed by atoms with Gasteiger partial charge in [0.1, 0.15) is 23.0 Å². The number of nitrogens with one attached hydrogen (secondary N) is 1. The summed E-state index contributed by atoms with van der Waals surface area (Å²) in [5.41, 5.74) is 1.65. The summed E-state index contributed by atoms with van der Waals surface area (Å²) in [4.78, 5) is 15.1. The van der Waals surface area contributed by atoms with Crippen LogP contribution in [0.15, 0.2) is 53.2 Å². The molecule has 0 spiro atoms. The van der Waals surface area contributed by atoms with Gasteiger partial charge < -0.3 is 19.3 Å². The van der Waals surface area contributed by atoms with Crippen LogP contribution in [0.2, 0.25) is 0 Å². The smallest absolute Gasteiger partial charge is 0.219 e. The number of nitrogens with zero attached hydrogens (tertiary/aromatic N) is 2. The molecule has 0 unspecified atom stereocenters. The molecule has 0 saturated heterocycles. The van der Waals surface area contributed by atoms with Crippen LogP contribution < -0.4 is 14.8 Å². The summed E-state index contributed by atoms with van der Waals surface area (Å²) in [6.07, 6.45) is 2.33. The summed E-state index contributed by atoms with van der Waals surface area (Å²) in [6.45, 7) is 5.93. The Morgan fingerprint density at radius 2 is 1.89 bits per heavy atom. The lowest BCUT2D eigenvalue weighted by molar-refractivity contribution is -0.118. The van der Waals surface area contributed by atoms with Crippen LogP contribution in [0.1, 0.15) is 26.5 Å². The third kappa shape index (κ3) is 5.57. The molecule has 0 atom stereocenters. The number of pyridine rings is 1. The first kappa shape index (κ1) is 19.4. The monoisotopic (exact) mass is 381 g/mol. The number of ether oxygens (including phenoxy) is 2. The lowest BCUT2D eigenvalue weighted by Gasteiger charge is -2.10. The molecule has 1 N–H and O–H groups in total. The van der Waals surface area contributed by atoms with Gasteiger partial charge in [0.05, 0.1) is 12.3 Å². The van der Waals surface area contributed by atoms with E-state index >= 15 is 0 Å². The van der Waals surface area contributed by atoms with Gasteiger partial charge >= 0.3 is 0 Å². The summed E-state index contributed by atoms with van der Waals surface area (Å²) in [5, 5.41) is 6.81. The van der Waals surface area contributed by atoms with E-state index in [2.05, 4.69) is 15.5 Å². The first-order valence-electron chi connectivity index (χ1n) is 9.10. The third-order valence-corrected chi connectivity index (χ3v) is 3.76. The molecule has 0 fully saturated rings. The molecule has 0 aliphatic heterocycles. The van der Waals surface area contributed by atoms with Crippen molar-refractivity contribution < 1.29 is 18.8 Å². The quantitative estimate of drug-likeness (QED) is 0.635. The van der Waals surface area contributed by atoms with Crippen molar-refractivity contribution in [2.45, 2.75) is 33.3 Å². The van der Waals surface area contributed by atoms with Crippen LogP contribution in [0.4, 0.5) is 0 Å². The zero-order valence-electron chi connectivity index (χ0n) is 16.1. The topological polar surface area (TPSA) is 86.5 Å². The van der Waals surface area contributed by atoms with E-state index in [1.54, 1.807) is 12.3 Å². The second-order valence-corrected chi connectivity index (χ2v) is 6.54. The van der Waals surface area contributed by atoms with Gasteiger partial charge in [-0.2, -0.15) is 0 Å². The lowest BCUT2D eigenvalue weighted by atomic mass is 10.1. The van der Waals surface area contributed by atoms with E-state index in [0.29, 0.717) is 30.3 Å². The molecule has 146 valence electrons. The molecule has 7 heteroatoms. The lowest BCUT2D eigenvalue weighted by Crippen LogP contribution is -2.22. The van der Waals surface area contributed by atoms with Crippen LogP contribution in [0.3, 0.4) is 0 Å². The zero-order valence-corrected chi connectivity index (χ0v) is 16.1. The van der Waals surface area contributed by atoms with Crippen molar-refractivity contribution in [3.05, 3.63) is 54.4 Å². The molecule has 2 aromatic heterocycles. The molecule has 3 rings (SSSR count). The Labute approximate surface area is 163 Å². The maximum absolute atomic E-state index is 10.9. The number of hydrogen-bond donors (Lipinski definition) is 1. The van der Waals surface area contributed by atoms with Crippen molar-refractivity contribution >= 4 is 5.91 Å². The van der Waals surface area contributed by atoms with Crippen LogP contribution in [0.25, 0.3) is 11.3 Å². The summed E-state index contributed by atoms with van der Waals surface area (Å²) in [5.74, 6) is 2.52. The second kappa shape index (κ2) is 9.03. The Bertz CT molecular complexity index is 902. The molecule has 3 aromatic rings. The second-order valence-electron chi connectivity index (χ2n) is 6.54. The van der Waals surface area contributed by atoms with Gasteiger partial charge in [-0.3, -0.25) is 4.79 Å².